The monoisotopic (exact) mass is 248 g/mol. The number of aliphatic hydroxyl groups excluding tert-OH is 2. The van der Waals surface area contributed by atoms with Crippen molar-refractivity contribution in [2.45, 2.75) is 25.6 Å². The molecule has 5 heteroatoms. The number of hydrogen-bond donors (Lipinski definition) is 2. The van der Waals surface area contributed by atoms with Crippen molar-refractivity contribution in [3.8, 4) is 0 Å². The summed E-state index contributed by atoms with van der Waals surface area (Å²) in [6.45, 7) is 6.21. The quantitative estimate of drug-likeness (QED) is 0.318. The third-order valence-electron chi connectivity index (χ3n) is 2.50. The summed E-state index contributed by atoms with van der Waals surface area (Å²) >= 11 is 0. The van der Waals surface area contributed by atoms with Gasteiger partial charge < -0.3 is 24.4 Å². The molecule has 0 aliphatic heterocycles. The molecular weight excluding hydrogens is 224 g/mol. The normalized spacial score (nSPS) is 16.5. The van der Waals surface area contributed by atoms with Crippen LogP contribution in [0.15, 0.2) is 12.7 Å². The van der Waals surface area contributed by atoms with Gasteiger partial charge >= 0.3 is 0 Å². The van der Waals surface area contributed by atoms with E-state index in [4.69, 9.17) is 14.2 Å². The SMILES string of the molecule is C=CC[C@H](OCOCCOC)[C@H](CO)[C@H](C)O. The summed E-state index contributed by atoms with van der Waals surface area (Å²) in [7, 11) is 1.60. The largest absolute Gasteiger partial charge is 0.396 e. The Labute approximate surface area is 103 Å². The summed E-state index contributed by atoms with van der Waals surface area (Å²) in [5.74, 6) is -0.334. The van der Waals surface area contributed by atoms with E-state index in [1.807, 2.05) is 0 Å². The first-order chi connectivity index (χ1) is 8.17. The van der Waals surface area contributed by atoms with E-state index in [-0.39, 0.29) is 25.4 Å². The topological polar surface area (TPSA) is 68.2 Å². The zero-order valence-corrected chi connectivity index (χ0v) is 10.7. The van der Waals surface area contributed by atoms with Crippen LogP contribution in [0.25, 0.3) is 0 Å². The molecule has 0 radical (unpaired) electrons. The van der Waals surface area contributed by atoms with Crippen LogP contribution < -0.4 is 0 Å². The molecule has 0 bridgehead atoms. The molecule has 0 spiro atoms. The maximum atomic E-state index is 9.51. The average molecular weight is 248 g/mol. The summed E-state index contributed by atoms with van der Waals surface area (Å²) in [5.41, 5.74) is 0. The smallest absolute Gasteiger partial charge is 0.147 e. The van der Waals surface area contributed by atoms with E-state index in [9.17, 15) is 10.2 Å². The number of rotatable bonds is 11. The molecule has 0 aliphatic carbocycles. The second kappa shape index (κ2) is 10.7. The Balaban J connectivity index is 3.99. The summed E-state index contributed by atoms with van der Waals surface area (Å²) in [6, 6.07) is 0. The van der Waals surface area contributed by atoms with E-state index >= 15 is 0 Å². The zero-order chi connectivity index (χ0) is 13.1. The van der Waals surface area contributed by atoms with E-state index in [2.05, 4.69) is 6.58 Å². The van der Waals surface area contributed by atoms with Crippen molar-refractivity contribution < 1.29 is 24.4 Å². The van der Waals surface area contributed by atoms with Crippen molar-refractivity contribution >= 4 is 0 Å². The third-order valence-corrected chi connectivity index (χ3v) is 2.50. The molecule has 3 atom stereocenters. The number of ether oxygens (including phenoxy) is 3. The Morgan fingerprint density at radius 3 is 2.53 bits per heavy atom. The number of methoxy groups -OCH3 is 1. The Bertz CT molecular complexity index is 184. The standard InChI is InChI=1S/C12H24O5/c1-4-5-12(11(8-13)10(2)14)17-9-16-7-6-15-3/h4,10-14H,1,5-9H2,2-3H3/t10-,11+,12-/m0/s1. The molecule has 0 fully saturated rings. The van der Waals surface area contributed by atoms with Gasteiger partial charge in [-0.3, -0.25) is 0 Å². The molecule has 0 rings (SSSR count). The van der Waals surface area contributed by atoms with Crippen LogP contribution in [0.1, 0.15) is 13.3 Å². The molecule has 0 aromatic rings. The molecule has 0 saturated carbocycles. The molecule has 0 aromatic carbocycles. The first-order valence-electron chi connectivity index (χ1n) is 5.75. The van der Waals surface area contributed by atoms with Gasteiger partial charge in [-0.05, 0) is 13.3 Å². The van der Waals surface area contributed by atoms with Crippen molar-refractivity contribution in [3.05, 3.63) is 12.7 Å². The number of hydrogen-bond acceptors (Lipinski definition) is 5. The van der Waals surface area contributed by atoms with Crippen molar-refractivity contribution in [3.63, 3.8) is 0 Å². The lowest BCUT2D eigenvalue weighted by Crippen LogP contribution is -2.35. The van der Waals surface area contributed by atoms with Crippen molar-refractivity contribution in [2.75, 3.05) is 33.7 Å². The fraction of sp³-hybridized carbons (Fsp3) is 0.833. The van der Waals surface area contributed by atoms with Crippen molar-refractivity contribution in [1.29, 1.82) is 0 Å². The Morgan fingerprint density at radius 1 is 1.35 bits per heavy atom. The van der Waals surface area contributed by atoms with Crippen LogP contribution in [0.5, 0.6) is 0 Å². The van der Waals surface area contributed by atoms with E-state index < -0.39 is 6.10 Å². The highest BCUT2D eigenvalue weighted by atomic mass is 16.7. The van der Waals surface area contributed by atoms with Gasteiger partial charge in [0.2, 0.25) is 0 Å². The summed E-state index contributed by atoms with van der Waals surface area (Å²) in [4.78, 5) is 0. The predicted molar refractivity (Wildman–Crippen MR) is 64.6 cm³/mol. The van der Waals surface area contributed by atoms with Gasteiger partial charge in [0.25, 0.3) is 0 Å². The second-order valence-electron chi connectivity index (χ2n) is 3.84. The van der Waals surface area contributed by atoms with Crippen LogP contribution >= 0.6 is 0 Å². The predicted octanol–water partition coefficient (Wildman–Crippen LogP) is 0.558. The molecule has 5 nitrogen and oxygen atoms in total. The van der Waals surface area contributed by atoms with E-state index in [0.29, 0.717) is 19.6 Å². The van der Waals surface area contributed by atoms with Crippen LogP contribution in [-0.2, 0) is 14.2 Å². The first kappa shape index (κ1) is 16.5. The van der Waals surface area contributed by atoms with Gasteiger partial charge in [0, 0.05) is 13.0 Å². The van der Waals surface area contributed by atoms with Crippen molar-refractivity contribution in [1.82, 2.24) is 0 Å². The highest BCUT2D eigenvalue weighted by Gasteiger charge is 2.25. The Hall–Kier alpha value is -0.460. The molecule has 0 amide bonds. The minimum absolute atomic E-state index is 0.116. The Kier molecular flexibility index (Phi) is 10.4. The van der Waals surface area contributed by atoms with Crippen LogP contribution in [0.3, 0.4) is 0 Å². The van der Waals surface area contributed by atoms with Crippen molar-refractivity contribution in [2.24, 2.45) is 5.92 Å². The van der Waals surface area contributed by atoms with Crippen LogP contribution in [0, 0.1) is 5.92 Å². The molecule has 2 N–H and O–H groups in total. The maximum absolute atomic E-state index is 9.51. The lowest BCUT2D eigenvalue weighted by atomic mass is 9.95. The minimum atomic E-state index is -0.635. The fourth-order valence-corrected chi connectivity index (χ4v) is 1.45. The first-order valence-corrected chi connectivity index (χ1v) is 5.75. The molecule has 0 unspecified atom stereocenters. The van der Waals surface area contributed by atoms with Gasteiger partial charge in [-0.15, -0.1) is 6.58 Å². The molecule has 17 heavy (non-hydrogen) atoms. The van der Waals surface area contributed by atoms with Gasteiger partial charge in [-0.2, -0.15) is 0 Å². The van der Waals surface area contributed by atoms with Crippen LogP contribution in [-0.4, -0.2) is 56.1 Å². The molecule has 102 valence electrons. The molecular formula is C12H24O5. The Morgan fingerprint density at radius 2 is 2.06 bits per heavy atom. The molecule has 0 heterocycles. The minimum Gasteiger partial charge on any atom is -0.396 e. The van der Waals surface area contributed by atoms with E-state index in [0.717, 1.165) is 0 Å². The molecule has 0 saturated heterocycles. The van der Waals surface area contributed by atoms with Gasteiger partial charge in [-0.25, -0.2) is 0 Å². The summed E-state index contributed by atoms with van der Waals surface area (Å²) < 4.78 is 15.5. The second-order valence-corrected chi connectivity index (χ2v) is 3.84. The molecule has 0 aromatic heterocycles. The van der Waals surface area contributed by atoms with Crippen LogP contribution in [0.4, 0.5) is 0 Å². The fourth-order valence-electron chi connectivity index (χ4n) is 1.45. The molecule has 0 aliphatic rings. The van der Waals surface area contributed by atoms with Gasteiger partial charge in [0.1, 0.15) is 6.79 Å². The maximum Gasteiger partial charge on any atom is 0.147 e. The highest BCUT2D eigenvalue weighted by molar-refractivity contribution is 4.81. The van der Waals surface area contributed by atoms with E-state index in [1.54, 1.807) is 20.1 Å². The summed E-state index contributed by atoms with van der Waals surface area (Å²) in [6.07, 6.45) is 1.33. The lowest BCUT2D eigenvalue weighted by Gasteiger charge is -2.27. The zero-order valence-electron chi connectivity index (χ0n) is 10.7. The number of aliphatic hydroxyl groups is 2. The highest BCUT2D eigenvalue weighted by Crippen LogP contribution is 2.16. The van der Waals surface area contributed by atoms with Gasteiger partial charge in [0.15, 0.2) is 0 Å². The lowest BCUT2D eigenvalue weighted by molar-refractivity contribution is -0.130. The van der Waals surface area contributed by atoms with Gasteiger partial charge in [0.05, 0.1) is 32.0 Å². The summed E-state index contributed by atoms with van der Waals surface area (Å²) in [5, 5.41) is 18.7. The third kappa shape index (κ3) is 7.46. The van der Waals surface area contributed by atoms with Gasteiger partial charge in [-0.1, -0.05) is 6.08 Å². The van der Waals surface area contributed by atoms with Crippen LogP contribution in [0.2, 0.25) is 0 Å². The van der Waals surface area contributed by atoms with E-state index in [1.165, 1.54) is 0 Å². The average Bonchev–Trinajstić information content (AvgIpc) is 2.29.